The van der Waals surface area contributed by atoms with E-state index in [9.17, 15) is 0 Å². The molecule has 0 saturated carbocycles. The van der Waals surface area contributed by atoms with Gasteiger partial charge in [0.25, 0.3) is 0 Å². The molecule has 36 heavy (non-hydrogen) atoms. The van der Waals surface area contributed by atoms with E-state index < -0.39 is 0 Å². The minimum atomic E-state index is -0.0987. The average Bonchev–Trinajstić information content (AvgIpc) is 3.54. The third-order valence-electron chi connectivity index (χ3n) is 6.77. The van der Waals surface area contributed by atoms with Gasteiger partial charge in [-0.25, -0.2) is 0 Å². The Morgan fingerprint density at radius 1 is 0.889 bits per heavy atom. The molecule has 2 fully saturated rings. The topological polar surface area (TPSA) is 45.6 Å². The predicted octanol–water partition coefficient (Wildman–Crippen LogP) is 5.65. The van der Waals surface area contributed by atoms with Gasteiger partial charge in [-0.05, 0) is 78.9 Å². The van der Waals surface area contributed by atoms with Crippen LogP contribution in [0.5, 0.6) is 0 Å². The van der Waals surface area contributed by atoms with Crippen LogP contribution >= 0.6 is 28.1 Å². The minimum Gasteiger partial charge on any atom is -0.378 e. The van der Waals surface area contributed by atoms with Gasteiger partial charge in [0.2, 0.25) is 0 Å². The highest BCUT2D eigenvalue weighted by Crippen LogP contribution is 2.42. The molecule has 2 aliphatic heterocycles. The van der Waals surface area contributed by atoms with Crippen molar-refractivity contribution in [3.63, 3.8) is 0 Å². The van der Waals surface area contributed by atoms with Crippen LogP contribution in [0.3, 0.4) is 0 Å². The number of aromatic nitrogens is 2. The molecule has 0 aliphatic carbocycles. The van der Waals surface area contributed by atoms with Crippen LogP contribution in [0.1, 0.15) is 23.5 Å². The van der Waals surface area contributed by atoms with Crippen LogP contribution < -0.4 is 15.1 Å². The second kappa shape index (κ2) is 10.0. The number of nitrogens with zero attached hydrogens (tertiary/aromatic N) is 4. The summed E-state index contributed by atoms with van der Waals surface area (Å²) in [4.78, 5) is 9.28. The third-order valence-corrected chi connectivity index (χ3v) is 7.58. The lowest BCUT2D eigenvalue weighted by Crippen LogP contribution is -2.36. The van der Waals surface area contributed by atoms with Gasteiger partial charge in [-0.15, -0.1) is 0 Å². The van der Waals surface area contributed by atoms with Crippen molar-refractivity contribution in [1.82, 2.24) is 14.9 Å². The number of pyridine rings is 1. The van der Waals surface area contributed by atoms with Crippen molar-refractivity contribution in [1.29, 1.82) is 0 Å². The molecular weight excluding hydrogens is 534 g/mol. The Morgan fingerprint density at radius 3 is 2.44 bits per heavy atom. The zero-order valence-corrected chi connectivity index (χ0v) is 22.0. The van der Waals surface area contributed by atoms with E-state index in [-0.39, 0.29) is 12.1 Å². The number of hydrogen-bond acceptors (Lipinski definition) is 4. The number of benzene rings is 2. The summed E-state index contributed by atoms with van der Waals surface area (Å²) in [6.07, 6.45) is 3.94. The van der Waals surface area contributed by atoms with Crippen molar-refractivity contribution >= 4 is 44.6 Å². The molecule has 6 nitrogen and oxygen atoms in total. The van der Waals surface area contributed by atoms with Gasteiger partial charge in [0.05, 0.1) is 24.9 Å². The van der Waals surface area contributed by atoms with Crippen LogP contribution in [-0.4, -0.2) is 41.0 Å². The molecule has 2 saturated heterocycles. The summed E-state index contributed by atoms with van der Waals surface area (Å²) in [7, 11) is 0. The lowest BCUT2D eigenvalue weighted by molar-refractivity contribution is 0.122. The van der Waals surface area contributed by atoms with E-state index in [2.05, 4.69) is 102 Å². The van der Waals surface area contributed by atoms with Crippen LogP contribution in [-0.2, 0) is 4.74 Å². The molecule has 4 aromatic rings. The molecule has 6 rings (SSSR count). The van der Waals surface area contributed by atoms with E-state index in [0.717, 1.165) is 53.5 Å². The van der Waals surface area contributed by atoms with Gasteiger partial charge in [-0.1, -0.05) is 28.1 Å². The summed E-state index contributed by atoms with van der Waals surface area (Å²) in [5.74, 6) is 0. The second-order valence-corrected chi connectivity index (χ2v) is 10.2. The van der Waals surface area contributed by atoms with E-state index in [0.29, 0.717) is 5.11 Å². The molecule has 4 heterocycles. The number of morpholine rings is 1. The van der Waals surface area contributed by atoms with Crippen LogP contribution in [0.25, 0.3) is 5.69 Å². The first-order chi connectivity index (χ1) is 17.7. The van der Waals surface area contributed by atoms with Crippen molar-refractivity contribution in [2.45, 2.75) is 12.1 Å². The maximum Gasteiger partial charge on any atom is 0.174 e. The van der Waals surface area contributed by atoms with E-state index in [1.807, 2.05) is 24.4 Å². The second-order valence-electron chi connectivity index (χ2n) is 8.90. The highest BCUT2D eigenvalue weighted by Gasteiger charge is 2.42. The summed E-state index contributed by atoms with van der Waals surface area (Å²) in [6.45, 7) is 3.35. The number of rotatable bonds is 5. The molecule has 8 heteroatoms. The van der Waals surface area contributed by atoms with Crippen molar-refractivity contribution in [3.05, 3.63) is 107 Å². The smallest absolute Gasteiger partial charge is 0.174 e. The van der Waals surface area contributed by atoms with Gasteiger partial charge < -0.3 is 24.4 Å². The maximum absolute atomic E-state index is 5.93. The number of hydrogen-bond donors (Lipinski definition) is 1. The number of ether oxygens (including phenoxy) is 1. The Bertz CT molecular complexity index is 1350. The van der Waals surface area contributed by atoms with Crippen LogP contribution in [0.15, 0.2) is 95.7 Å². The quantitative estimate of drug-likeness (QED) is 0.319. The van der Waals surface area contributed by atoms with Gasteiger partial charge in [0.1, 0.15) is 6.04 Å². The molecule has 2 aromatic carbocycles. The van der Waals surface area contributed by atoms with Gasteiger partial charge in [-0.2, -0.15) is 0 Å². The lowest BCUT2D eigenvalue weighted by Gasteiger charge is -2.31. The fourth-order valence-corrected chi connectivity index (χ4v) is 5.81. The van der Waals surface area contributed by atoms with Crippen molar-refractivity contribution in [2.75, 3.05) is 36.1 Å². The third kappa shape index (κ3) is 4.40. The van der Waals surface area contributed by atoms with Crippen molar-refractivity contribution in [2.24, 2.45) is 0 Å². The molecule has 2 atom stereocenters. The van der Waals surface area contributed by atoms with Crippen LogP contribution in [0.2, 0.25) is 0 Å². The Morgan fingerprint density at radius 2 is 1.69 bits per heavy atom. The number of nitrogens with one attached hydrogen (secondary N) is 1. The highest BCUT2D eigenvalue weighted by molar-refractivity contribution is 9.10. The Balaban J connectivity index is 1.42. The molecular formula is C28H26BrN5OS. The summed E-state index contributed by atoms with van der Waals surface area (Å²) in [5.41, 5.74) is 5.43. The van der Waals surface area contributed by atoms with E-state index in [1.54, 1.807) is 0 Å². The van der Waals surface area contributed by atoms with Crippen molar-refractivity contribution < 1.29 is 4.74 Å². The number of anilines is 2. The van der Waals surface area contributed by atoms with Gasteiger partial charge in [-0.3, -0.25) is 4.98 Å². The Hall–Kier alpha value is -3.20. The largest absolute Gasteiger partial charge is 0.378 e. The van der Waals surface area contributed by atoms with Gasteiger partial charge >= 0.3 is 0 Å². The Labute approximate surface area is 224 Å². The molecule has 0 radical (unpaired) electrons. The number of halogens is 1. The van der Waals surface area contributed by atoms with Gasteiger partial charge in [0, 0.05) is 52.7 Å². The fourth-order valence-electron chi connectivity index (χ4n) is 5.08. The molecule has 182 valence electrons. The molecule has 0 spiro atoms. The summed E-state index contributed by atoms with van der Waals surface area (Å²) in [5, 5.41) is 4.26. The fraction of sp³-hybridized carbons (Fsp3) is 0.214. The summed E-state index contributed by atoms with van der Waals surface area (Å²) in [6, 6.07) is 27.1. The molecule has 2 aromatic heterocycles. The summed E-state index contributed by atoms with van der Waals surface area (Å²) < 4.78 is 8.79. The first kappa shape index (κ1) is 23.2. The minimum absolute atomic E-state index is 0.0874. The average molecular weight is 561 g/mol. The standard InChI is InChI=1S/C28H26BrN5OS/c29-20-5-3-6-23(19-20)33-14-4-8-25(33)27-26(24-7-1-2-13-30-24)31-28(36)34(27)22-11-9-21(10-12-22)32-15-17-35-18-16-32/h1-14,19,26-27H,15-18H2,(H,31,36)/t26-,27-/m0/s1. The highest BCUT2D eigenvalue weighted by atomic mass is 79.9. The van der Waals surface area contributed by atoms with E-state index in [4.69, 9.17) is 21.9 Å². The predicted molar refractivity (Wildman–Crippen MR) is 151 cm³/mol. The van der Waals surface area contributed by atoms with Crippen LogP contribution in [0.4, 0.5) is 11.4 Å². The summed E-state index contributed by atoms with van der Waals surface area (Å²) >= 11 is 9.56. The molecule has 1 N–H and O–H groups in total. The molecule has 2 aliphatic rings. The molecule has 0 amide bonds. The van der Waals surface area contributed by atoms with Crippen LogP contribution in [0, 0.1) is 0 Å². The van der Waals surface area contributed by atoms with E-state index >= 15 is 0 Å². The maximum atomic E-state index is 5.93. The zero-order chi connectivity index (χ0) is 24.5. The first-order valence-corrected chi connectivity index (χ1v) is 13.3. The molecule has 0 unspecified atom stereocenters. The zero-order valence-electron chi connectivity index (χ0n) is 19.6. The number of thiocarbonyl (C=S) groups is 1. The first-order valence-electron chi connectivity index (χ1n) is 12.1. The monoisotopic (exact) mass is 559 g/mol. The Kier molecular flexibility index (Phi) is 6.48. The lowest BCUT2D eigenvalue weighted by atomic mass is 10.0. The molecule has 0 bridgehead atoms. The van der Waals surface area contributed by atoms with Gasteiger partial charge in [0.15, 0.2) is 5.11 Å². The van der Waals surface area contributed by atoms with Crippen molar-refractivity contribution in [3.8, 4) is 5.69 Å². The normalized spacial score (nSPS) is 20.0. The van der Waals surface area contributed by atoms with E-state index in [1.165, 1.54) is 5.69 Å². The SMILES string of the molecule is S=C1N[C@@H](c2ccccn2)[C@H](c2cccn2-c2cccc(Br)c2)N1c1ccc(N2CCOCC2)cc1.